The summed E-state index contributed by atoms with van der Waals surface area (Å²) >= 11 is 0. The van der Waals surface area contributed by atoms with Crippen LogP contribution >= 0.6 is 0 Å². The maximum atomic E-state index is 12.5. The summed E-state index contributed by atoms with van der Waals surface area (Å²) in [6, 6.07) is 9.65. The molecule has 1 aromatic carbocycles. The number of benzene rings is 1. The second-order valence-corrected chi connectivity index (χ2v) is 14.9. The Hall–Kier alpha value is -4.52. The van der Waals surface area contributed by atoms with E-state index in [-0.39, 0.29) is 55.2 Å². The molecule has 56 heavy (non-hydrogen) atoms. The fraction of sp³-hybridized carbons (Fsp3) is 0.628. The summed E-state index contributed by atoms with van der Waals surface area (Å²) in [7, 11) is 0. The number of hydroxylamine groups is 1. The van der Waals surface area contributed by atoms with Crippen molar-refractivity contribution in [3.05, 3.63) is 71.6 Å². The van der Waals surface area contributed by atoms with E-state index in [4.69, 9.17) is 28.3 Å². The normalized spacial score (nSPS) is 15.9. The molecule has 0 radical (unpaired) electrons. The number of nitrogens with zero attached hydrogens (tertiary/aromatic N) is 2. The van der Waals surface area contributed by atoms with Gasteiger partial charge in [0.2, 0.25) is 5.91 Å². The van der Waals surface area contributed by atoms with Gasteiger partial charge in [-0.15, -0.1) is 0 Å². The minimum absolute atomic E-state index is 0.0343. The molecule has 5 rings (SSSR count). The first-order valence-electron chi connectivity index (χ1n) is 20.7. The van der Waals surface area contributed by atoms with E-state index in [1.165, 1.54) is 76.7 Å². The number of carboxylic acid groups (broad SMARTS) is 1. The Morgan fingerprint density at radius 2 is 1.21 bits per heavy atom. The smallest absolute Gasteiger partial charge is 0.360 e. The molecule has 2 fully saturated rings. The van der Waals surface area contributed by atoms with Crippen molar-refractivity contribution < 1.29 is 47.4 Å². The summed E-state index contributed by atoms with van der Waals surface area (Å²) in [5.41, 5.74) is 3.74. The van der Waals surface area contributed by atoms with Gasteiger partial charge in [-0.2, -0.15) is 0 Å². The van der Waals surface area contributed by atoms with Crippen LogP contribution in [-0.4, -0.2) is 52.1 Å². The number of rotatable bonds is 21. The van der Waals surface area contributed by atoms with E-state index in [1.807, 2.05) is 30.3 Å². The van der Waals surface area contributed by atoms with E-state index in [2.05, 4.69) is 15.4 Å². The SMILES string of the molecule is CCOC(=O)c1coc([C@H](CCCC2CCCCC2)CC(=O)NOCc2ccccc2)n1.CCOC(=O)c1coc([C@H](CCCC2CCCCC2)CC(=O)O)n1. The van der Waals surface area contributed by atoms with E-state index >= 15 is 0 Å². The number of hydrogen-bond donors (Lipinski definition) is 2. The summed E-state index contributed by atoms with van der Waals surface area (Å²) < 4.78 is 20.8. The number of carboxylic acids is 1. The van der Waals surface area contributed by atoms with Crippen LogP contribution in [0.1, 0.15) is 180 Å². The van der Waals surface area contributed by atoms with Gasteiger partial charge in [-0.3, -0.25) is 14.4 Å². The molecule has 308 valence electrons. The molecule has 13 nitrogen and oxygen atoms in total. The lowest BCUT2D eigenvalue weighted by atomic mass is 9.84. The Labute approximate surface area is 330 Å². The number of amides is 1. The molecule has 0 saturated heterocycles. The van der Waals surface area contributed by atoms with Crippen LogP contribution in [0, 0.1) is 11.8 Å². The summed E-state index contributed by atoms with van der Waals surface area (Å²) in [4.78, 5) is 61.1. The van der Waals surface area contributed by atoms with Crippen LogP contribution in [0.15, 0.2) is 51.7 Å². The fourth-order valence-corrected chi connectivity index (χ4v) is 7.68. The Morgan fingerprint density at radius 3 is 1.68 bits per heavy atom. The third kappa shape index (κ3) is 15.9. The third-order valence-electron chi connectivity index (χ3n) is 10.6. The van der Waals surface area contributed by atoms with E-state index in [0.29, 0.717) is 24.8 Å². The number of nitrogens with one attached hydrogen (secondary N) is 1. The van der Waals surface area contributed by atoms with E-state index < -0.39 is 17.9 Å². The Bertz CT molecular complexity index is 1590. The van der Waals surface area contributed by atoms with E-state index in [9.17, 15) is 19.2 Å². The van der Waals surface area contributed by atoms with Gasteiger partial charge in [0.05, 0.1) is 26.2 Å². The third-order valence-corrected chi connectivity index (χ3v) is 10.6. The summed E-state index contributed by atoms with van der Waals surface area (Å²) in [6.45, 7) is 4.29. The van der Waals surface area contributed by atoms with Crippen molar-refractivity contribution in [3.63, 3.8) is 0 Å². The van der Waals surface area contributed by atoms with Crippen molar-refractivity contribution in [1.29, 1.82) is 0 Å². The molecule has 0 bridgehead atoms. The summed E-state index contributed by atoms with van der Waals surface area (Å²) in [5, 5.41) is 9.13. The summed E-state index contributed by atoms with van der Waals surface area (Å²) in [5.74, 6) is -0.428. The van der Waals surface area contributed by atoms with Crippen LogP contribution in [0.4, 0.5) is 0 Å². The number of oxazole rings is 2. The molecule has 3 aromatic rings. The number of aliphatic carboxylic acids is 1. The van der Waals surface area contributed by atoms with Crippen molar-refractivity contribution in [2.75, 3.05) is 13.2 Å². The monoisotopic (exact) mass is 779 g/mol. The standard InChI is InChI=1S/C25H34N2O5.C18H27NO5/c1-2-30-25(29)22-18-31-24(26-22)21(15-9-14-19-10-5-3-6-11-19)16-23(28)27-32-17-20-12-7-4-8-13-20;1-2-23-18(22)15-12-24-17(19-15)14(11-16(20)21)10-6-9-13-7-4-3-5-8-13/h4,7-8,12-13,18-19,21H,2-3,5-6,9-11,14-17H2,1H3,(H,27,28);12-14H,2-11H2,1H3,(H,20,21)/t21-;14-/m11/s1. The Morgan fingerprint density at radius 1 is 0.732 bits per heavy atom. The Balaban J connectivity index is 0.000000259. The van der Waals surface area contributed by atoms with Crippen LogP contribution in [0.5, 0.6) is 0 Å². The highest BCUT2D eigenvalue weighted by Crippen LogP contribution is 2.33. The van der Waals surface area contributed by atoms with Crippen molar-refractivity contribution >= 4 is 23.8 Å². The van der Waals surface area contributed by atoms with Crippen LogP contribution in [0.25, 0.3) is 0 Å². The molecule has 2 N–H and O–H groups in total. The molecule has 2 aliphatic rings. The second-order valence-electron chi connectivity index (χ2n) is 14.9. The van der Waals surface area contributed by atoms with E-state index in [1.54, 1.807) is 13.8 Å². The van der Waals surface area contributed by atoms with Gasteiger partial charge in [0.15, 0.2) is 23.2 Å². The van der Waals surface area contributed by atoms with E-state index in [0.717, 1.165) is 49.5 Å². The molecule has 2 atom stereocenters. The molecule has 1 amide bonds. The van der Waals surface area contributed by atoms with Crippen molar-refractivity contribution in [1.82, 2.24) is 15.4 Å². The van der Waals surface area contributed by atoms with Crippen molar-refractivity contribution in [2.45, 2.75) is 148 Å². The minimum Gasteiger partial charge on any atom is -0.481 e. The van der Waals surface area contributed by atoms with Crippen molar-refractivity contribution in [3.8, 4) is 0 Å². The Kier molecular flexibility index (Phi) is 19.6. The molecule has 0 aliphatic heterocycles. The van der Waals surface area contributed by atoms with Crippen molar-refractivity contribution in [2.24, 2.45) is 11.8 Å². The molecule has 2 heterocycles. The zero-order chi connectivity index (χ0) is 40.0. The highest BCUT2D eigenvalue weighted by Gasteiger charge is 2.26. The van der Waals surface area contributed by atoms with Crippen LogP contribution < -0.4 is 5.48 Å². The van der Waals surface area contributed by atoms with Gasteiger partial charge in [0, 0.05) is 18.3 Å². The van der Waals surface area contributed by atoms with Gasteiger partial charge in [-0.1, -0.05) is 120 Å². The molecule has 2 aliphatic carbocycles. The number of aromatic nitrogens is 2. The molecule has 0 spiro atoms. The van der Waals surface area contributed by atoms with Gasteiger partial charge < -0.3 is 23.4 Å². The number of carbonyl (C=O) groups excluding carboxylic acids is 3. The fourth-order valence-electron chi connectivity index (χ4n) is 7.68. The average Bonchev–Trinajstić information content (AvgIpc) is 3.91. The highest BCUT2D eigenvalue weighted by molar-refractivity contribution is 5.87. The highest BCUT2D eigenvalue weighted by atomic mass is 16.6. The lowest BCUT2D eigenvalue weighted by Gasteiger charge is -2.22. The topological polar surface area (TPSA) is 180 Å². The zero-order valence-electron chi connectivity index (χ0n) is 33.2. The van der Waals surface area contributed by atoms with Gasteiger partial charge in [-0.05, 0) is 44.1 Å². The first kappa shape index (κ1) is 44.2. The largest absolute Gasteiger partial charge is 0.481 e. The number of esters is 2. The van der Waals surface area contributed by atoms with Crippen LogP contribution in [-0.2, 0) is 30.5 Å². The second kappa shape index (κ2) is 24.9. The van der Waals surface area contributed by atoms with Gasteiger partial charge >= 0.3 is 17.9 Å². The average molecular weight is 780 g/mol. The molecular weight excluding hydrogens is 718 g/mol. The van der Waals surface area contributed by atoms with Crippen LogP contribution in [0.3, 0.4) is 0 Å². The number of ether oxygens (including phenoxy) is 2. The van der Waals surface area contributed by atoms with Gasteiger partial charge in [-0.25, -0.2) is 25.0 Å². The summed E-state index contributed by atoms with van der Waals surface area (Å²) in [6.07, 6.45) is 21.5. The maximum Gasteiger partial charge on any atom is 0.360 e. The first-order valence-corrected chi connectivity index (χ1v) is 20.7. The molecule has 2 saturated carbocycles. The molecule has 13 heteroatoms. The molecular formula is C43H61N3O10. The number of hydrogen-bond acceptors (Lipinski definition) is 11. The quantitative estimate of drug-likeness (QED) is 0.0773. The zero-order valence-corrected chi connectivity index (χ0v) is 33.2. The predicted molar refractivity (Wildman–Crippen MR) is 207 cm³/mol. The van der Waals surface area contributed by atoms with Crippen LogP contribution in [0.2, 0.25) is 0 Å². The predicted octanol–water partition coefficient (Wildman–Crippen LogP) is 9.48. The minimum atomic E-state index is -0.881. The maximum absolute atomic E-state index is 12.5. The first-order chi connectivity index (χ1) is 27.2. The molecule has 0 unspecified atom stereocenters. The lowest BCUT2D eigenvalue weighted by Crippen LogP contribution is -2.25. The lowest BCUT2D eigenvalue weighted by molar-refractivity contribution is -0.137. The molecule has 2 aromatic heterocycles. The number of carbonyl (C=O) groups is 4. The van der Waals surface area contributed by atoms with Gasteiger partial charge in [0.25, 0.3) is 0 Å². The van der Waals surface area contributed by atoms with Gasteiger partial charge in [0.1, 0.15) is 12.5 Å².